The molecule has 0 amide bonds. The Morgan fingerprint density at radius 1 is 1.19 bits per heavy atom. The largest absolute Gasteiger partial charge is 0.416 e. The summed E-state index contributed by atoms with van der Waals surface area (Å²) in [6.45, 7) is 2.10. The van der Waals surface area contributed by atoms with Crippen LogP contribution in [0.2, 0.25) is 0 Å². The molecule has 1 aliphatic carbocycles. The molecule has 1 nitrogen and oxygen atoms in total. The molecule has 118 valence electrons. The monoisotopic (exact) mass is 304 g/mol. The Bertz CT molecular complexity index is 476. The number of hydrogen-bond donors (Lipinski definition) is 1. The summed E-state index contributed by atoms with van der Waals surface area (Å²) in [5.74, 6) is -0.518. The van der Waals surface area contributed by atoms with E-state index in [0.717, 1.165) is 31.4 Å². The summed E-state index contributed by atoms with van der Waals surface area (Å²) in [6, 6.07) is 2.51. The van der Waals surface area contributed by atoms with Crippen molar-refractivity contribution < 1.29 is 22.7 Å². The van der Waals surface area contributed by atoms with Gasteiger partial charge in [0.2, 0.25) is 0 Å². The molecule has 1 atom stereocenters. The average Bonchev–Trinajstić information content (AvgIpc) is 2.45. The first-order chi connectivity index (χ1) is 9.82. The Kier molecular flexibility index (Phi) is 4.91. The maximum absolute atomic E-state index is 13.1. The fourth-order valence-electron chi connectivity index (χ4n) is 3.20. The number of alkyl halides is 3. The number of hydrogen-bond acceptors (Lipinski definition) is 1. The highest BCUT2D eigenvalue weighted by atomic mass is 19.4. The predicted octanol–water partition coefficient (Wildman–Crippen LogP) is 5.09. The van der Waals surface area contributed by atoms with Crippen LogP contribution in [0.1, 0.15) is 56.3 Å². The molecule has 2 rings (SSSR count). The molecule has 1 fully saturated rings. The fourth-order valence-corrected chi connectivity index (χ4v) is 3.20. The van der Waals surface area contributed by atoms with Gasteiger partial charge in [-0.3, -0.25) is 0 Å². The topological polar surface area (TPSA) is 20.2 Å². The van der Waals surface area contributed by atoms with Crippen molar-refractivity contribution >= 4 is 0 Å². The van der Waals surface area contributed by atoms with E-state index in [9.17, 15) is 22.7 Å². The number of benzene rings is 1. The third-order valence-electron chi connectivity index (χ3n) is 4.55. The number of rotatable bonds is 3. The molecule has 1 unspecified atom stereocenters. The predicted molar refractivity (Wildman–Crippen MR) is 72.1 cm³/mol. The lowest BCUT2D eigenvalue weighted by molar-refractivity contribution is -0.139. The van der Waals surface area contributed by atoms with Gasteiger partial charge < -0.3 is 5.11 Å². The molecule has 0 heterocycles. The molecule has 1 aliphatic rings. The SMILES string of the molecule is CCC1CCC(C(O)c2ccc(F)cc2C(F)(F)F)CC1. The van der Waals surface area contributed by atoms with Crippen LogP contribution >= 0.6 is 0 Å². The lowest BCUT2D eigenvalue weighted by Crippen LogP contribution is -2.22. The molecule has 0 aliphatic heterocycles. The Morgan fingerprint density at radius 3 is 2.33 bits per heavy atom. The van der Waals surface area contributed by atoms with Crippen molar-refractivity contribution in [2.45, 2.75) is 51.3 Å². The Morgan fingerprint density at radius 2 is 1.81 bits per heavy atom. The molecule has 1 aromatic carbocycles. The van der Waals surface area contributed by atoms with Crippen molar-refractivity contribution in [1.29, 1.82) is 0 Å². The minimum atomic E-state index is -4.65. The second-order valence-electron chi connectivity index (χ2n) is 5.86. The molecular formula is C16H20F4O. The van der Waals surface area contributed by atoms with Crippen LogP contribution in [0.5, 0.6) is 0 Å². The first-order valence-electron chi connectivity index (χ1n) is 7.37. The number of aliphatic hydroxyl groups excluding tert-OH is 1. The summed E-state index contributed by atoms with van der Waals surface area (Å²) < 4.78 is 52.1. The maximum Gasteiger partial charge on any atom is 0.416 e. The standard InChI is InChI=1S/C16H20F4O/c1-2-10-3-5-11(6-4-10)15(21)13-8-7-12(17)9-14(13)16(18,19)20/h7-11,15,21H,2-6H2,1H3. The summed E-state index contributed by atoms with van der Waals surface area (Å²) in [5.41, 5.74) is -1.27. The van der Waals surface area contributed by atoms with E-state index >= 15 is 0 Å². The number of aliphatic hydroxyl groups is 1. The normalized spacial score (nSPS) is 24.9. The van der Waals surface area contributed by atoms with Gasteiger partial charge in [0.25, 0.3) is 0 Å². The molecule has 0 bridgehead atoms. The quantitative estimate of drug-likeness (QED) is 0.771. The third kappa shape index (κ3) is 3.76. The first kappa shape index (κ1) is 16.3. The summed E-state index contributed by atoms with van der Waals surface area (Å²) in [7, 11) is 0. The van der Waals surface area contributed by atoms with E-state index in [1.165, 1.54) is 0 Å². The first-order valence-corrected chi connectivity index (χ1v) is 7.37. The summed E-state index contributed by atoms with van der Waals surface area (Å²) in [6.07, 6.45) is -1.48. The molecule has 5 heteroatoms. The van der Waals surface area contributed by atoms with Crippen LogP contribution < -0.4 is 0 Å². The average molecular weight is 304 g/mol. The second kappa shape index (κ2) is 6.34. The van der Waals surface area contributed by atoms with Crippen molar-refractivity contribution in [2.75, 3.05) is 0 Å². The van der Waals surface area contributed by atoms with Crippen LogP contribution in [0.15, 0.2) is 18.2 Å². The zero-order valence-corrected chi connectivity index (χ0v) is 12.0. The summed E-state index contributed by atoms with van der Waals surface area (Å²) in [5, 5.41) is 10.3. The minimum absolute atomic E-state index is 0.181. The van der Waals surface area contributed by atoms with Gasteiger partial charge in [-0.05, 0) is 42.4 Å². The number of halogens is 4. The fraction of sp³-hybridized carbons (Fsp3) is 0.625. The van der Waals surface area contributed by atoms with E-state index in [1.807, 2.05) is 0 Å². The van der Waals surface area contributed by atoms with Crippen LogP contribution in [0.25, 0.3) is 0 Å². The highest BCUT2D eigenvalue weighted by Crippen LogP contribution is 2.42. The summed E-state index contributed by atoms with van der Waals surface area (Å²) >= 11 is 0. The van der Waals surface area contributed by atoms with E-state index in [-0.39, 0.29) is 11.5 Å². The van der Waals surface area contributed by atoms with E-state index in [2.05, 4.69) is 6.92 Å². The van der Waals surface area contributed by atoms with Crippen molar-refractivity contribution in [3.05, 3.63) is 35.1 Å². The molecule has 21 heavy (non-hydrogen) atoms. The van der Waals surface area contributed by atoms with Crippen molar-refractivity contribution in [3.63, 3.8) is 0 Å². The van der Waals surface area contributed by atoms with Crippen LogP contribution in [-0.2, 0) is 6.18 Å². The van der Waals surface area contributed by atoms with Crippen LogP contribution in [0.4, 0.5) is 17.6 Å². The van der Waals surface area contributed by atoms with Gasteiger partial charge in [-0.2, -0.15) is 13.2 Å². The van der Waals surface area contributed by atoms with Crippen molar-refractivity contribution in [1.82, 2.24) is 0 Å². The molecule has 0 spiro atoms. The molecule has 0 aromatic heterocycles. The van der Waals surface area contributed by atoms with Gasteiger partial charge >= 0.3 is 6.18 Å². The van der Waals surface area contributed by atoms with Gasteiger partial charge in [-0.1, -0.05) is 32.3 Å². The second-order valence-corrected chi connectivity index (χ2v) is 5.86. The van der Waals surface area contributed by atoms with E-state index in [4.69, 9.17) is 0 Å². The van der Waals surface area contributed by atoms with Crippen molar-refractivity contribution in [2.24, 2.45) is 11.8 Å². The lowest BCUT2D eigenvalue weighted by Gasteiger charge is -2.32. The minimum Gasteiger partial charge on any atom is -0.388 e. The van der Waals surface area contributed by atoms with Gasteiger partial charge in [-0.25, -0.2) is 4.39 Å². The van der Waals surface area contributed by atoms with E-state index < -0.39 is 23.7 Å². The highest BCUT2D eigenvalue weighted by molar-refractivity contribution is 5.32. The third-order valence-corrected chi connectivity index (χ3v) is 4.55. The molecule has 1 aromatic rings. The van der Waals surface area contributed by atoms with E-state index in [1.54, 1.807) is 0 Å². The zero-order valence-electron chi connectivity index (χ0n) is 12.0. The molecular weight excluding hydrogens is 284 g/mol. The van der Waals surface area contributed by atoms with Crippen LogP contribution in [0, 0.1) is 17.7 Å². The van der Waals surface area contributed by atoms with Crippen LogP contribution in [0.3, 0.4) is 0 Å². The summed E-state index contributed by atoms with van der Waals surface area (Å²) in [4.78, 5) is 0. The zero-order chi connectivity index (χ0) is 15.6. The van der Waals surface area contributed by atoms with Gasteiger partial charge in [0.05, 0.1) is 11.7 Å². The molecule has 0 radical (unpaired) electrons. The smallest absolute Gasteiger partial charge is 0.388 e. The van der Waals surface area contributed by atoms with Crippen molar-refractivity contribution in [3.8, 4) is 0 Å². The van der Waals surface area contributed by atoms with Gasteiger partial charge in [0.15, 0.2) is 0 Å². The molecule has 1 saturated carbocycles. The lowest BCUT2D eigenvalue weighted by atomic mass is 9.76. The Labute approximate surface area is 122 Å². The van der Waals surface area contributed by atoms with Gasteiger partial charge in [0.1, 0.15) is 5.82 Å². The Balaban J connectivity index is 2.21. The molecule has 0 saturated heterocycles. The van der Waals surface area contributed by atoms with E-state index in [0.29, 0.717) is 24.8 Å². The maximum atomic E-state index is 13.1. The highest BCUT2D eigenvalue weighted by Gasteiger charge is 2.37. The molecule has 1 N–H and O–H groups in total. The van der Waals surface area contributed by atoms with Gasteiger partial charge in [0, 0.05) is 0 Å². The van der Waals surface area contributed by atoms with Gasteiger partial charge in [-0.15, -0.1) is 0 Å². The Hall–Kier alpha value is -1.10. The van der Waals surface area contributed by atoms with Crippen LogP contribution in [-0.4, -0.2) is 5.11 Å².